The van der Waals surface area contributed by atoms with E-state index in [0.29, 0.717) is 17.1 Å². The van der Waals surface area contributed by atoms with Crippen molar-refractivity contribution in [3.05, 3.63) is 83.1 Å². The second-order valence-corrected chi connectivity index (χ2v) is 8.61. The Labute approximate surface area is 188 Å². The van der Waals surface area contributed by atoms with E-state index in [9.17, 15) is 0 Å². The van der Waals surface area contributed by atoms with Crippen molar-refractivity contribution in [3.63, 3.8) is 0 Å². The Morgan fingerprint density at radius 1 is 1.06 bits per heavy atom. The average Bonchev–Trinajstić information content (AvgIpc) is 3.16. The van der Waals surface area contributed by atoms with Gasteiger partial charge in [0.15, 0.2) is 0 Å². The quantitative estimate of drug-likeness (QED) is 0.524. The van der Waals surface area contributed by atoms with Crippen molar-refractivity contribution in [2.24, 2.45) is 0 Å². The Kier molecular flexibility index (Phi) is 5.35. The molecule has 0 aromatic carbocycles. The SMILES string of the molecule is CC1=CC=C(N2CCCCC2)c2cc(C(=N)c3nc(-c4ccncc4)ccc3N)[nH]c2C1. The zero-order valence-electron chi connectivity index (χ0n) is 18.4. The molecule has 0 unspecified atom stereocenters. The first-order valence-corrected chi connectivity index (χ1v) is 11.2. The minimum absolute atomic E-state index is 0.311. The third-order valence-electron chi connectivity index (χ3n) is 6.26. The molecule has 0 bridgehead atoms. The molecule has 6 heteroatoms. The maximum Gasteiger partial charge on any atom is 0.114 e. The lowest BCUT2D eigenvalue weighted by molar-refractivity contribution is 0.326. The molecule has 2 aliphatic rings. The first kappa shape index (κ1) is 20.2. The zero-order valence-corrected chi connectivity index (χ0v) is 18.4. The van der Waals surface area contributed by atoms with E-state index in [2.05, 4.69) is 40.0 Å². The number of H-pyrrole nitrogens is 1. The summed E-state index contributed by atoms with van der Waals surface area (Å²) in [6.45, 7) is 4.32. The molecule has 0 saturated carbocycles. The Balaban J connectivity index is 1.52. The molecule has 6 nitrogen and oxygen atoms in total. The summed E-state index contributed by atoms with van der Waals surface area (Å²) in [4.78, 5) is 14.8. The van der Waals surface area contributed by atoms with E-state index >= 15 is 0 Å². The number of nitrogens with two attached hydrogens (primary N) is 1. The van der Waals surface area contributed by atoms with Gasteiger partial charge in [-0.15, -0.1) is 0 Å². The second kappa shape index (κ2) is 8.46. The molecular weight excluding hydrogens is 396 g/mol. The van der Waals surface area contributed by atoms with Gasteiger partial charge in [0.05, 0.1) is 17.1 Å². The lowest BCUT2D eigenvalue weighted by atomic mass is 10.0. The molecule has 0 amide bonds. The Bertz CT molecular complexity index is 1210. The molecule has 0 radical (unpaired) electrons. The summed E-state index contributed by atoms with van der Waals surface area (Å²) in [5.41, 5.74) is 14.9. The molecule has 4 N–H and O–H groups in total. The van der Waals surface area contributed by atoms with E-state index in [1.807, 2.05) is 24.3 Å². The smallest absolute Gasteiger partial charge is 0.114 e. The molecule has 1 aliphatic heterocycles. The van der Waals surface area contributed by atoms with Crippen molar-refractivity contribution in [3.8, 4) is 11.3 Å². The summed E-state index contributed by atoms with van der Waals surface area (Å²) in [6.07, 6.45) is 12.5. The molecule has 5 rings (SSSR count). The number of hydrogen-bond acceptors (Lipinski definition) is 5. The number of pyridine rings is 2. The van der Waals surface area contributed by atoms with Crippen molar-refractivity contribution >= 4 is 17.1 Å². The highest BCUT2D eigenvalue weighted by molar-refractivity contribution is 6.12. The molecule has 3 aromatic heterocycles. The largest absolute Gasteiger partial charge is 0.397 e. The number of anilines is 1. The van der Waals surface area contributed by atoms with Crippen LogP contribution in [0.2, 0.25) is 0 Å². The molecule has 162 valence electrons. The minimum atomic E-state index is 0.311. The van der Waals surface area contributed by atoms with Crippen molar-refractivity contribution < 1.29 is 0 Å². The standard InChI is InChI=1S/C26H28N6/c1-17-5-8-24(32-13-3-2-4-14-32)19-16-23(30-22(19)15-17)25(28)26-20(27)6-7-21(31-26)18-9-11-29-12-10-18/h5-12,16,28,30H,2-4,13-15,27H2,1H3. The van der Waals surface area contributed by atoms with Crippen LogP contribution in [0, 0.1) is 5.41 Å². The van der Waals surface area contributed by atoms with E-state index in [1.54, 1.807) is 12.4 Å². The number of piperidine rings is 1. The highest BCUT2D eigenvalue weighted by atomic mass is 15.1. The molecule has 4 heterocycles. The molecular formula is C26H28N6. The van der Waals surface area contributed by atoms with Gasteiger partial charge in [-0.2, -0.15) is 0 Å². The zero-order chi connectivity index (χ0) is 22.1. The van der Waals surface area contributed by atoms with Crippen LogP contribution in [-0.2, 0) is 6.42 Å². The number of nitrogen functional groups attached to an aromatic ring is 1. The molecule has 0 atom stereocenters. The van der Waals surface area contributed by atoms with Crippen LogP contribution in [0.4, 0.5) is 5.69 Å². The van der Waals surface area contributed by atoms with Crippen molar-refractivity contribution in [1.29, 1.82) is 5.41 Å². The van der Waals surface area contributed by atoms with Gasteiger partial charge < -0.3 is 15.6 Å². The first-order chi connectivity index (χ1) is 15.6. The monoisotopic (exact) mass is 424 g/mol. The maximum absolute atomic E-state index is 8.93. The van der Waals surface area contributed by atoms with E-state index in [1.165, 1.54) is 36.1 Å². The minimum Gasteiger partial charge on any atom is -0.397 e. The molecule has 1 saturated heterocycles. The van der Waals surface area contributed by atoms with Gasteiger partial charge in [0, 0.05) is 54.4 Å². The number of allylic oxidation sites excluding steroid dienone is 3. The number of aromatic amines is 1. The van der Waals surface area contributed by atoms with Crippen molar-refractivity contribution in [2.45, 2.75) is 32.6 Å². The van der Waals surface area contributed by atoms with Gasteiger partial charge >= 0.3 is 0 Å². The number of likely N-dealkylation sites (tertiary alicyclic amines) is 1. The van der Waals surface area contributed by atoms with Crippen molar-refractivity contribution in [1.82, 2.24) is 19.9 Å². The third kappa shape index (κ3) is 3.84. The highest BCUT2D eigenvalue weighted by Gasteiger charge is 2.23. The predicted molar refractivity (Wildman–Crippen MR) is 129 cm³/mol. The normalized spacial score (nSPS) is 16.1. The van der Waals surface area contributed by atoms with Gasteiger partial charge in [-0.3, -0.25) is 10.4 Å². The average molecular weight is 425 g/mol. The van der Waals surface area contributed by atoms with Crippen LogP contribution in [0.15, 0.2) is 60.5 Å². The van der Waals surface area contributed by atoms with E-state index in [0.717, 1.165) is 42.2 Å². The lowest BCUT2D eigenvalue weighted by Gasteiger charge is -2.31. The van der Waals surface area contributed by atoms with Gasteiger partial charge in [-0.05, 0) is 62.6 Å². The van der Waals surface area contributed by atoms with Gasteiger partial charge in [0.2, 0.25) is 0 Å². The van der Waals surface area contributed by atoms with Gasteiger partial charge in [-0.25, -0.2) is 4.98 Å². The van der Waals surface area contributed by atoms with E-state index in [4.69, 9.17) is 16.1 Å². The fraction of sp³-hybridized carbons (Fsp3) is 0.269. The van der Waals surface area contributed by atoms with Crippen LogP contribution in [0.5, 0.6) is 0 Å². The topological polar surface area (TPSA) is 94.7 Å². The first-order valence-electron chi connectivity index (χ1n) is 11.2. The van der Waals surface area contributed by atoms with E-state index < -0.39 is 0 Å². The number of hydrogen-bond donors (Lipinski definition) is 3. The Morgan fingerprint density at radius 2 is 1.84 bits per heavy atom. The van der Waals surface area contributed by atoms with Crippen LogP contribution in [0.1, 0.15) is 48.8 Å². The molecule has 1 aliphatic carbocycles. The second-order valence-electron chi connectivity index (χ2n) is 8.61. The van der Waals surface area contributed by atoms with Gasteiger partial charge in [-0.1, -0.05) is 11.6 Å². The number of nitrogens with one attached hydrogen (secondary N) is 2. The predicted octanol–water partition coefficient (Wildman–Crippen LogP) is 4.80. The summed E-state index contributed by atoms with van der Waals surface area (Å²) in [6, 6.07) is 9.63. The molecule has 32 heavy (non-hydrogen) atoms. The summed E-state index contributed by atoms with van der Waals surface area (Å²) >= 11 is 0. The van der Waals surface area contributed by atoms with Crippen LogP contribution in [-0.4, -0.2) is 38.7 Å². The summed E-state index contributed by atoms with van der Waals surface area (Å²) in [5, 5.41) is 8.93. The van der Waals surface area contributed by atoms with Crippen LogP contribution in [0.3, 0.4) is 0 Å². The fourth-order valence-corrected chi connectivity index (χ4v) is 4.54. The van der Waals surface area contributed by atoms with Gasteiger partial charge in [0.1, 0.15) is 11.4 Å². The lowest BCUT2D eigenvalue weighted by Crippen LogP contribution is -2.28. The van der Waals surface area contributed by atoms with Crippen LogP contribution >= 0.6 is 0 Å². The summed E-state index contributed by atoms with van der Waals surface area (Å²) < 4.78 is 0. The number of aromatic nitrogens is 3. The number of fused-ring (bicyclic) bond motifs is 1. The molecule has 3 aromatic rings. The molecule has 1 fully saturated rings. The number of rotatable bonds is 4. The maximum atomic E-state index is 8.93. The third-order valence-corrected chi connectivity index (χ3v) is 6.26. The van der Waals surface area contributed by atoms with Gasteiger partial charge in [0.25, 0.3) is 0 Å². The summed E-state index contributed by atoms with van der Waals surface area (Å²) in [5.74, 6) is 0. The Hall–Kier alpha value is -3.67. The van der Waals surface area contributed by atoms with Crippen molar-refractivity contribution in [2.75, 3.05) is 18.8 Å². The fourth-order valence-electron chi connectivity index (χ4n) is 4.54. The van der Waals surface area contributed by atoms with Crippen LogP contribution in [0.25, 0.3) is 17.0 Å². The summed E-state index contributed by atoms with van der Waals surface area (Å²) in [7, 11) is 0. The van der Waals surface area contributed by atoms with E-state index in [-0.39, 0.29) is 0 Å². The Morgan fingerprint density at radius 3 is 2.62 bits per heavy atom. The highest BCUT2D eigenvalue weighted by Crippen LogP contribution is 2.32. The number of nitrogens with zero attached hydrogens (tertiary/aromatic N) is 3. The molecule has 0 spiro atoms. The van der Waals surface area contributed by atoms with Crippen LogP contribution < -0.4 is 5.73 Å².